The summed E-state index contributed by atoms with van der Waals surface area (Å²) in [4.78, 5) is 29.4. The fourth-order valence-corrected chi connectivity index (χ4v) is 3.73. The Hall–Kier alpha value is -1.88. The number of hydrogen-bond donors (Lipinski definition) is 0. The molecule has 0 bridgehead atoms. The number of likely N-dealkylation sites (tertiary alicyclic amines) is 1. The van der Waals surface area contributed by atoms with Crippen LogP contribution in [0.3, 0.4) is 0 Å². The molecule has 1 aromatic carbocycles. The van der Waals surface area contributed by atoms with Crippen molar-refractivity contribution in [3.05, 3.63) is 42.2 Å². The zero-order valence-corrected chi connectivity index (χ0v) is 13.3. The molecule has 1 aromatic heterocycles. The van der Waals surface area contributed by atoms with Gasteiger partial charge in [0.15, 0.2) is 5.12 Å². The van der Waals surface area contributed by atoms with E-state index in [4.69, 9.17) is 0 Å². The molecule has 0 saturated carbocycles. The third kappa shape index (κ3) is 3.47. The largest absolute Gasteiger partial charge is 0.341 e. The number of amides is 1. The summed E-state index contributed by atoms with van der Waals surface area (Å²) in [6.45, 7) is 2.88. The van der Waals surface area contributed by atoms with Crippen molar-refractivity contribution in [2.45, 2.75) is 25.0 Å². The van der Waals surface area contributed by atoms with Crippen molar-refractivity contribution in [3.63, 3.8) is 0 Å². The molecule has 2 aromatic rings. The number of thioether (sulfide) groups is 1. The SMILES string of the molecule is CC(=O)SC1CC(=O)N(CCc2cc3ccccc3cn2)C1. The first kappa shape index (κ1) is 15.0. The van der Waals surface area contributed by atoms with Gasteiger partial charge in [0.05, 0.1) is 0 Å². The van der Waals surface area contributed by atoms with Crippen molar-refractivity contribution < 1.29 is 9.59 Å². The zero-order chi connectivity index (χ0) is 15.5. The lowest BCUT2D eigenvalue weighted by Crippen LogP contribution is -2.28. The van der Waals surface area contributed by atoms with Crippen molar-refractivity contribution in [2.24, 2.45) is 0 Å². The Kier molecular flexibility index (Phi) is 4.43. The van der Waals surface area contributed by atoms with Gasteiger partial charge in [0, 0.05) is 55.4 Å². The number of carbonyl (C=O) groups is 2. The van der Waals surface area contributed by atoms with Gasteiger partial charge in [-0.1, -0.05) is 36.0 Å². The number of aromatic nitrogens is 1. The zero-order valence-electron chi connectivity index (χ0n) is 12.5. The van der Waals surface area contributed by atoms with Crippen LogP contribution in [0.5, 0.6) is 0 Å². The third-order valence-corrected chi connectivity index (χ3v) is 4.82. The minimum atomic E-state index is 0.0795. The van der Waals surface area contributed by atoms with Crippen LogP contribution >= 0.6 is 11.8 Å². The smallest absolute Gasteiger partial charge is 0.223 e. The molecule has 1 aliphatic rings. The van der Waals surface area contributed by atoms with Gasteiger partial charge in [-0.2, -0.15) is 0 Å². The second kappa shape index (κ2) is 6.48. The number of nitrogens with zero attached hydrogens (tertiary/aromatic N) is 2. The van der Waals surface area contributed by atoms with Gasteiger partial charge >= 0.3 is 0 Å². The second-order valence-electron chi connectivity index (χ2n) is 5.55. The summed E-state index contributed by atoms with van der Waals surface area (Å²) < 4.78 is 0. The van der Waals surface area contributed by atoms with Crippen molar-refractivity contribution >= 4 is 33.6 Å². The molecule has 1 unspecified atom stereocenters. The fourth-order valence-electron chi connectivity index (χ4n) is 2.78. The predicted molar refractivity (Wildman–Crippen MR) is 88.7 cm³/mol. The molecule has 22 heavy (non-hydrogen) atoms. The lowest BCUT2D eigenvalue weighted by atomic mass is 10.1. The predicted octanol–water partition coefficient (Wildman–Crippen LogP) is 2.66. The first-order chi connectivity index (χ1) is 10.6. The van der Waals surface area contributed by atoms with Crippen molar-refractivity contribution in [2.75, 3.05) is 13.1 Å². The molecule has 2 heterocycles. The van der Waals surface area contributed by atoms with E-state index in [2.05, 4.69) is 17.1 Å². The van der Waals surface area contributed by atoms with Crippen LogP contribution in [0, 0.1) is 0 Å². The summed E-state index contributed by atoms with van der Waals surface area (Å²) in [5.41, 5.74) is 0.995. The Morgan fingerprint density at radius 3 is 2.91 bits per heavy atom. The van der Waals surface area contributed by atoms with Gasteiger partial charge in [-0.15, -0.1) is 0 Å². The Morgan fingerprint density at radius 2 is 2.14 bits per heavy atom. The summed E-state index contributed by atoms with van der Waals surface area (Å²) in [6, 6.07) is 10.2. The van der Waals surface area contributed by atoms with Gasteiger partial charge in [-0.3, -0.25) is 14.6 Å². The minimum absolute atomic E-state index is 0.0795. The van der Waals surface area contributed by atoms with E-state index in [0.717, 1.165) is 17.5 Å². The van der Waals surface area contributed by atoms with Crippen LogP contribution in [0.2, 0.25) is 0 Å². The van der Waals surface area contributed by atoms with Gasteiger partial charge < -0.3 is 4.90 Å². The van der Waals surface area contributed by atoms with Crippen molar-refractivity contribution in [1.82, 2.24) is 9.88 Å². The standard InChI is InChI=1S/C17H18N2O2S/c1-12(20)22-16-9-17(21)19(11-16)7-6-15-8-13-4-2-3-5-14(13)10-18-15/h2-5,8,10,16H,6-7,9,11H2,1H3. The highest BCUT2D eigenvalue weighted by Crippen LogP contribution is 2.24. The average Bonchev–Trinajstić information content (AvgIpc) is 2.84. The molecule has 0 aliphatic carbocycles. The van der Waals surface area contributed by atoms with Crippen molar-refractivity contribution in [1.29, 1.82) is 0 Å². The number of hydrogen-bond acceptors (Lipinski definition) is 4. The van der Waals surface area contributed by atoms with E-state index in [0.29, 0.717) is 19.5 Å². The maximum Gasteiger partial charge on any atom is 0.223 e. The molecule has 3 rings (SSSR count). The van der Waals surface area contributed by atoms with E-state index in [1.807, 2.05) is 29.3 Å². The van der Waals surface area contributed by atoms with E-state index >= 15 is 0 Å². The van der Waals surface area contributed by atoms with E-state index < -0.39 is 0 Å². The molecule has 0 radical (unpaired) electrons. The Labute approximate surface area is 133 Å². The average molecular weight is 314 g/mol. The highest BCUT2D eigenvalue weighted by molar-refractivity contribution is 8.14. The Balaban J connectivity index is 1.61. The van der Waals surface area contributed by atoms with Crippen LogP contribution < -0.4 is 0 Å². The molecular formula is C17H18N2O2S. The van der Waals surface area contributed by atoms with Gasteiger partial charge in [0.1, 0.15) is 0 Å². The molecule has 5 heteroatoms. The number of fused-ring (bicyclic) bond motifs is 1. The Bertz CT molecular complexity index is 717. The summed E-state index contributed by atoms with van der Waals surface area (Å²) in [5.74, 6) is 0.138. The molecule has 1 fully saturated rings. The van der Waals surface area contributed by atoms with Crippen LogP contribution in [0.4, 0.5) is 0 Å². The third-order valence-electron chi connectivity index (χ3n) is 3.84. The number of pyridine rings is 1. The normalized spacial score (nSPS) is 18.1. The van der Waals surface area contributed by atoms with E-state index in [9.17, 15) is 9.59 Å². The monoisotopic (exact) mass is 314 g/mol. The quantitative estimate of drug-likeness (QED) is 0.870. The molecule has 1 saturated heterocycles. The van der Waals surface area contributed by atoms with E-state index in [-0.39, 0.29) is 16.3 Å². The lowest BCUT2D eigenvalue weighted by molar-refractivity contribution is -0.127. The van der Waals surface area contributed by atoms with Crippen LogP contribution in [0.25, 0.3) is 10.8 Å². The van der Waals surface area contributed by atoms with Gasteiger partial charge in [0.25, 0.3) is 0 Å². The highest BCUT2D eigenvalue weighted by Gasteiger charge is 2.30. The van der Waals surface area contributed by atoms with Gasteiger partial charge in [-0.05, 0) is 11.5 Å². The molecule has 1 atom stereocenters. The van der Waals surface area contributed by atoms with Crippen LogP contribution in [0.15, 0.2) is 36.5 Å². The molecule has 114 valence electrons. The number of carbonyl (C=O) groups excluding carboxylic acids is 2. The summed E-state index contributed by atoms with van der Waals surface area (Å²) >= 11 is 1.28. The lowest BCUT2D eigenvalue weighted by Gasteiger charge is -2.16. The molecular weight excluding hydrogens is 296 g/mol. The van der Waals surface area contributed by atoms with Crippen molar-refractivity contribution in [3.8, 4) is 0 Å². The maximum absolute atomic E-state index is 12.0. The summed E-state index contributed by atoms with van der Waals surface area (Å²) in [5, 5.41) is 2.48. The van der Waals surface area contributed by atoms with Crippen LogP contribution in [0.1, 0.15) is 19.0 Å². The fraction of sp³-hybridized carbons (Fsp3) is 0.353. The van der Waals surface area contributed by atoms with Crippen LogP contribution in [-0.4, -0.2) is 39.2 Å². The maximum atomic E-state index is 12.0. The first-order valence-corrected chi connectivity index (χ1v) is 8.28. The second-order valence-corrected chi connectivity index (χ2v) is 7.03. The van der Waals surface area contributed by atoms with Gasteiger partial charge in [0.2, 0.25) is 5.91 Å². The van der Waals surface area contributed by atoms with Crippen LogP contribution in [-0.2, 0) is 16.0 Å². The highest BCUT2D eigenvalue weighted by atomic mass is 32.2. The molecule has 1 aliphatic heterocycles. The molecule has 4 nitrogen and oxygen atoms in total. The van der Waals surface area contributed by atoms with E-state index in [1.54, 1.807) is 6.92 Å². The molecule has 1 amide bonds. The number of benzene rings is 1. The molecule has 0 N–H and O–H groups in total. The Morgan fingerprint density at radius 1 is 1.36 bits per heavy atom. The topological polar surface area (TPSA) is 50.3 Å². The summed E-state index contributed by atoms with van der Waals surface area (Å²) in [6.07, 6.45) is 3.09. The number of rotatable bonds is 4. The minimum Gasteiger partial charge on any atom is -0.341 e. The van der Waals surface area contributed by atoms with Gasteiger partial charge in [-0.25, -0.2) is 0 Å². The van der Waals surface area contributed by atoms with E-state index in [1.165, 1.54) is 17.1 Å². The first-order valence-electron chi connectivity index (χ1n) is 7.40. The molecule has 0 spiro atoms. The summed E-state index contributed by atoms with van der Waals surface area (Å²) in [7, 11) is 0.